The molecule has 0 aliphatic heterocycles. The molecule has 0 N–H and O–H groups in total. The molecule has 0 atom stereocenters. The minimum Gasteiger partial charge on any atom is -0.278 e. The topological polar surface area (TPSA) is 56.5 Å². The van der Waals surface area contributed by atoms with E-state index in [1.807, 2.05) is 79.0 Å². The molecule has 0 radical (unpaired) electrons. The summed E-state index contributed by atoms with van der Waals surface area (Å²) in [5, 5.41) is 2.29. The Balaban J connectivity index is 1.38. The first-order valence-corrected chi connectivity index (χ1v) is 15.6. The average Bonchev–Trinajstić information content (AvgIpc) is 3.56. The summed E-state index contributed by atoms with van der Waals surface area (Å²) in [5.41, 5.74) is 11.1. The number of hydrogen-bond acceptors (Lipinski definition) is 4. The Kier molecular flexibility index (Phi) is 5.78. The van der Waals surface area contributed by atoms with Crippen molar-refractivity contribution in [1.29, 1.82) is 0 Å². The van der Waals surface area contributed by atoms with E-state index in [9.17, 15) is 0 Å². The van der Waals surface area contributed by atoms with E-state index in [0.717, 1.165) is 44.2 Å². The van der Waals surface area contributed by atoms with E-state index in [1.165, 1.54) is 22.3 Å². The van der Waals surface area contributed by atoms with Crippen LogP contribution in [0.4, 0.5) is 0 Å². The first kappa shape index (κ1) is 26.5. The number of benzene rings is 5. The second-order valence-electron chi connectivity index (χ2n) is 12.4. The van der Waals surface area contributed by atoms with Gasteiger partial charge in [-0.25, -0.2) is 4.98 Å². The molecule has 0 saturated heterocycles. The summed E-state index contributed by atoms with van der Waals surface area (Å²) in [7, 11) is 0. The Morgan fingerprint density at radius 2 is 1.15 bits per heavy atom. The Morgan fingerprint density at radius 3 is 1.85 bits per heavy atom. The molecule has 1 aliphatic rings. The number of pyridine rings is 1. The Hall–Kier alpha value is -5.94. The van der Waals surface area contributed by atoms with Gasteiger partial charge in [0, 0.05) is 39.1 Å². The minimum absolute atomic E-state index is 0.149. The van der Waals surface area contributed by atoms with Crippen LogP contribution in [0, 0.1) is 0 Å². The number of aromatic nitrogens is 5. The molecule has 5 aromatic carbocycles. The van der Waals surface area contributed by atoms with Gasteiger partial charge in [0.25, 0.3) is 0 Å². The Labute approximate surface area is 266 Å². The van der Waals surface area contributed by atoms with E-state index in [-0.39, 0.29) is 5.41 Å². The third-order valence-corrected chi connectivity index (χ3v) is 9.32. The molecule has 3 heterocycles. The third kappa shape index (κ3) is 4.02. The summed E-state index contributed by atoms with van der Waals surface area (Å²) in [6.07, 6.45) is 1.84. The normalized spacial score (nSPS) is 13.2. The molecule has 0 amide bonds. The third-order valence-electron chi connectivity index (χ3n) is 9.32. The summed E-state index contributed by atoms with van der Waals surface area (Å²) < 4.78 is 2.22. The fraction of sp³-hybridized carbons (Fsp3) is 0.0732. The highest BCUT2D eigenvalue weighted by atomic mass is 15.2. The van der Waals surface area contributed by atoms with Crippen molar-refractivity contribution in [2.24, 2.45) is 0 Å². The zero-order valence-electron chi connectivity index (χ0n) is 25.5. The van der Waals surface area contributed by atoms with Crippen molar-refractivity contribution >= 4 is 21.8 Å². The lowest BCUT2D eigenvalue weighted by Gasteiger charge is -2.21. The van der Waals surface area contributed by atoms with Crippen LogP contribution in [-0.4, -0.2) is 24.5 Å². The summed E-state index contributed by atoms with van der Waals surface area (Å²) >= 11 is 0. The zero-order chi connectivity index (χ0) is 30.8. The molecule has 0 fully saturated rings. The molecule has 5 heteroatoms. The summed E-state index contributed by atoms with van der Waals surface area (Å²) in [4.78, 5) is 19.9. The second-order valence-corrected chi connectivity index (χ2v) is 12.4. The van der Waals surface area contributed by atoms with Crippen molar-refractivity contribution in [2.75, 3.05) is 0 Å². The molecule has 46 heavy (non-hydrogen) atoms. The monoisotopic (exact) mass is 591 g/mol. The van der Waals surface area contributed by atoms with E-state index in [2.05, 4.69) is 84.1 Å². The lowest BCUT2D eigenvalue weighted by atomic mass is 9.82. The van der Waals surface area contributed by atoms with Crippen molar-refractivity contribution in [3.8, 4) is 51.1 Å². The first-order chi connectivity index (χ1) is 22.6. The summed E-state index contributed by atoms with van der Waals surface area (Å²) in [5.74, 6) is 1.86. The Morgan fingerprint density at radius 1 is 0.500 bits per heavy atom. The average molecular weight is 592 g/mol. The molecule has 0 bridgehead atoms. The fourth-order valence-corrected chi connectivity index (χ4v) is 7.02. The molecule has 8 aromatic rings. The molecular weight excluding hydrogens is 562 g/mol. The second kappa shape index (κ2) is 10.0. The van der Waals surface area contributed by atoms with Crippen LogP contribution in [0.25, 0.3) is 72.9 Å². The van der Waals surface area contributed by atoms with Gasteiger partial charge in [-0.2, -0.15) is 9.97 Å². The van der Waals surface area contributed by atoms with Crippen LogP contribution in [0.15, 0.2) is 140 Å². The van der Waals surface area contributed by atoms with E-state index in [1.54, 1.807) is 0 Å². The molecule has 218 valence electrons. The molecule has 5 nitrogen and oxygen atoms in total. The smallest absolute Gasteiger partial charge is 0.238 e. The molecule has 3 aromatic heterocycles. The highest BCUT2D eigenvalue weighted by Crippen LogP contribution is 2.51. The molecule has 9 rings (SSSR count). The van der Waals surface area contributed by atoms with Crippen LogP contribution < -0.4 is 0 Å². The van der Waals surface area contributed by atoms with Gasteiger partial charge in [-0.1, -0.05) is 111 Å². The summed E-state index contributed by atoms with van der Waals surface area (Å²) in [6.45, 7) is 4.64. The maximum absolute atomic E-state index is 5.15. The van der Waals surface area contributed by atoms with Gasteiger partial charge in [-0.15, -0.1) is 0 Å². The maximum atomic E-state index is 5.15. The number of fused-ring (bicyclic) bond motifs is 6. The van der Waals surface area contributed by atoms with E-state index >= 15 is 0 Å². The molecular formula is C41H29N5. The lowest BCUT2D eigenvalue weighted by molar-refractivity contribution is 0.661. The predicted octanol–water partition coefficient (Wildman–Crippen LogP) is 9.67. The molecule has 0 unspecified atom stereocenters. The predicted molar refractivity (Wildman–Crippen MR) is 186 cm³/mol. The van der Waals surface area contributed by atoms with Crippen molar-refractivity contribution in [3.63, 3.8) is 0 Å². The van der Waals surface area contributed by atoms with Crippen molar-refractivity contribution in [2.45, 2.75) is 19.3 Å². The lowest BCUT2D eigenvalue weighted by Crippen LogP contribution is -2.15. The van der Waals surface area contributed by atoms with Gasteiger partial charge in [0.05, 0.1) is 16.7 Å². The van der Waals surface area contributed by atoms with Gasteiger partial charge in [-0.05, 0) is 58.7 Å². The SMILES string of the molecule is CC1(C)c2ccccc2-c2cc3c4cc(-c5ccccn5)ccc4n(-c4nc(-c5ccccc5)nc(-c5ccccc5)n4)c3cc21. The van der Waals surface area contributed by atoms with E-state index in [0.29, 0.717) is 17.6 Å². The summed E-state index contributed by atoms with van der Waals surface area (Å²) in [6, 6.07) is 46.4. The van der Waals surface area contributed by atoms with Gasteiger partial charge in [0.2, 0.25) is 5.95 Å². The maximum Gasteiger partial charge on any atom is 0.238 e. The molecule has 0 saturated carbocycles. The fourth-order valence-electron chi connectivity index (χ4n) is 7.02. The number of nitrogens with zero attached hydrogens (tertiary/aromatic N) is 5. The van der Waals surface area contributed by atoms with E-state index in [4.69, 9.17) is 15.0 Å². The van der Waals surface area contributed by atoms with Crippen LogP contribution in [0.3, 0.4) is 0 Å². The molecule has 0 spiro atoms. The van der Waals surface area contributed by atoms with Crippen molar-refractivity contribution in [3.05, 3.63) is 151 Å². The highest BCUT2D eigenvalue weighted by molar-refractivity contribution is 6.12. The molecule has 1 aliphatic carbocycles. The van der Waals surface area contributed by atoms with Crippen molar-refractivity contribution < 1.29 is 0 Å². The van der Waals surface area contributed by atoms with Gasteiger partial charge >= 0.3 is 0 Å². The van der Waals surface area contributed by atoms with Gasteiger partial charge in [-0.3, -0.25) is 9.55 Å². The van der Waals surface area contributed by atoms with Crippen LogP contribution in [0.2, 0.25) is 0 Å². The van der Waals surface area contributed by atoms with Gasteiger partial charge < -0.3 is 0 Å². The zero-order valence-corrected chi connectivity index (χ0v) is 25.5. The minimum atomic E-state index is -0.149. The van der Waals surface area contributed by atoms with Gasteiger partial charge in [0.15, 0.2) is 11.6 Å². The number of rotatable bonds is 4. The van der Waals surface area contributed by atoms with E-state index < -0.39 is 0 Å². The highest BCUT2D eigenvalue weighted by Gasteiger charge is 2.36. The van der Waals surface area contributed by atoms with Gasteiger partial charge in [0.1, 0.15) is 0 Å². The standard InChI is InChI=1S/C41H29N5/c1-41(2)33-18-10-9-17-29(33)30-24-32-31-23-28(35-19-11-12-22-42-35)20-21-36(31)46(37(32)25-34(30)41)40-44-38(26-13-5-3-6-14-26)43-39(45-40)27-15-7-4-8-16-27/h3-25H,1-2H3. The van der Waals surface area contributed by atoms with Crippen LogP contribution >= 0.6 is 0 Å². The first-order valence-electron chi connectivity index (χ1n) is 15.6. The van der Waals surface area contributed by atoms with Crippen molar-refractivity contribution in [1.82, 2.24) is 24.5 Å². The van der Waals surface area contributed by atoms with Crippen LogP contribution in [0.5, 0.6) is 0 Å². The van der Waals surface area contributed by atoms with Crippen LogP contribution in [-0.2, 0) is 5.41 Å². The largest absolute Gasteiger partial charge is 0.278 e. The quantitative estimate of drug-likeness (QED) is 0.204. The van der Waals surface area contributed by atoms with Crippen LogP contribution in [0.1, 0.15) is 25.0 Å². The number of hydrogen-bond donors (Lipinski definition) is 0. The Bertz CT molecular complexity index is 2370.